The number of urea groups is 1. The first kappa shape index (κ1) is 12.8. The number of aromatic nitrogens is 1. The molecule has 0 saturated heterocycles. The number of hydrogen-bond acceptors (Lipinski definition) is 4. The van der Waals surface area contributed by atoms with E-state index in [0.717, 1.165) is 5.03 Å². The van der Waals surface area contributed by atoms with Crippen LogP contribution in [-0.2, 0) is 0 Å². The molecule has 0 aliphatic carbocycles. The van der Waals surface area contributed by atoms with Crippen LogP contribution in [0.5, 0.6) is 0 Å². The summed E-state index contributed by atoms with van der Waals surface area (Å²) in [5.74, 6) is 0. The van der Waals surface area contributed by atoms with Crippen LogP contribution in [0.1, 0.15) is 0 Å². The average molecular weight is 255 g/mol. The Balaban J connectivity index is 3.05. The number of hydrogen-bond donors (Lipinski definition) is 1. The molecular formula is C10H13N3OS2. The van der Waals surface area contributed by atoms with Gasteiger partial charge in [0.1, 0.15) is 5.03 Å². The summed E-state index contributed by atoms with van der Waals surface area (Å²) in [7, 11) is 1.56. The van der Waals surface area contributed by atoms with E-state index in [1.54, 1.807) is 7.05 Å². The van der Waals surface area contributed by atoms with E-state index in [0.29, 0.717) is 10.8 Å². The minimum atomic E-state index is -0.271. The Hall–Kier alpha value is -1.27. The quantitative estimate of drug-likeness (QED) is 0.664. The van der Waals surface area contributed by atoms with Crippen LogP contribution in [0.15, 0.2) is 35.3 Å². The van der Waals surface area contributed by atoms with Crippen LogP contribution in [0.25, 0.3) is 0 Å². The van der Waals surface area contributed by atoms with Crippen molar-refractivity contribution in [3.63, 3.8) is 0 Å². The number of nitrogens with zero attached hydrogens (tertiary/aromatic N) is 2. The monoisotopic (exact) mass is 255 g/mol. The van der Waals surface area contributed by atoms with Gasteiger partial charge < -0.3 is 5.32 Å². The van der Waals surface area contributed by atoms with Gasteiger partial charge in [0.25, 0.3) is 0 Å². The Morgan fingerprint density at radius 2 is 2.44 bits per heavy atom. The molecule has 0 aliphatic heterocycles. The van der Waals surface area contributed by atoms with Crippen LogP contribution in [0.4, 0.5) is 9.93 Å². The van der Waals surface area contributed by atoms with E-state index < -0.39 is 0 Å². The highest BCUT2D eigenvalue weighted by atomic mass is 32.2. The molecule has 6 heteroatoms. The van der Waals surface area contributed by atoms with Gasteiger partial charge in [0.15, 0.2) is 5.13 Å². The Morgan fingerprint density at radius 1 is 1.75 bits per heavy atom. The zero-order chi connectivity index (χ0) is 12.1. The largest absolute Gasteiger partial charge is 0.340 e. The molecule has 0 fully saturated rings. The Kier molecular flexibility index (Phi) is 4.57. The number of rotatable bonds is 4. The molecule has 0 aromatic carbocycles. The van der Waals surface area contributed by atoms with Gasteiger partial charge in [0, 0.05) is 18.1 Å². The van der Waals surface area contributed by atoms with Crippen molar-refractivity contribution in [1.82, 2.24) is 10.3 Å². The second-order valence-corrected chi connectivity index (χ2v) is 4.42. The number of allylic oxidation sites excluding steroid dienone is 1. The molecule has 1 aromatic rings. The van der Waals surface area contributed by atoms with E-state index >= 15 is 0 Å². The summed E-state index contributed by atoms with van der Waals surface area (Å²) in [5, 5.41) is 5.91. The zero-order valence-electron chi connectivity index (χ0n) is 9.19. The van der Waals surface area contributed by atoms with Crippen molar-refractivity contribution in [2.24, 2.45) is 0 Å². The molecule has 16 heavy (non-hydrogen) atoms. The van der Waals surface area contributed by atoms with Gasteiger partial charge in [-0.15, -0.1) is 23.1 Å². The highest BCUT2D eigenvalue weighted by Crippen LogP contribution is 2.27. The van der Waals surface area contributed by atoms with Gasteiger partial charge in [-0.3, -0.25) is 0 Å². The standard InChI is InChI=1S/C10H13N3OS2/c1-5-7(2)13(9(14)11-3)10-12-8(15-4)6-16-10/h5-6H,1-2H2,3-4H3,(H,11,14). The van der Waals surface area contributed by atoms with Crippen LogP contribution >= 0.6 is 23.1 Å². The third-order valence-electron chi connectivity index (χ3n) is 1.81. The summed E-state index contributed by atoms with van der Waals surface area (Å²) in [4.78, 5) is 17.4. The molecule has 0 aliphatic rings. The highest BCUT2D eigenvalue weighted by molar-refractivity contribution is 7.98. The molecule has 0 spiro atoms. The van der Waals surface area contributed by atoms with E-state index in [1.807, 2.05) is 11.6 Å². The summed E-state index contributed by atoms with van der Waals surface area (Å²) in [6.07, 6.45) is 3.46. The molecule has 1 heterocycles. The van der Waals surface area contributed by atoms with Crippen LogP contribution in [0, 0.1) is 0 Å². The third-order valence-corrected chi connectivity index (χ3v) is 3.41. The summed E-state index contributed by atoms with van der Waals surface area (Å²) in [6.45, 7) is 7.36. The Labute approximate surface area is 103 Å². The second kappa shape index (κ2) is 5.72. The van der Waals surface area contributed by atoms with Crippen molar-refractivity contribution >= 4 is 34.3 Å². The van der Waals surface area contributed by atoms with Crippen LogP contribution < -0.4 is 10.2 Å². The van der Waals surface area contributed by atoms with E-state index in [9.17, 15) is 4.79 Å². The van der Waals surface area contributed by atoms with Crippen molar-refractivity contribution in [1.29, 1.82) is 0 Å². The molecule has 4 nitrogen and oxygen atoms in total. The molecule has 0 saturated carbocycles. The first-order valence-corrected chi connectivity index (χ1v) is 6.57. The molecule has 1 N–H and O–H groups in total. The maximum Gasteiger partial charge on any atom is 0.328 e. The predicted octanol–water partition coefficient (Wildman–Crippen LogP) is 2.71. The SMILES string of the molecule is C=CC(=C)N(C(=O)NC)c1nc(SC)cs1. The van der Waals surface area contributed by atoms with Crippen molar-refractivity contribution in [3.05, 3.63) is 30.3 Å². The normalized spacial score (nSPS) is 9.62. The van der Waals surface area contributed by atoms with Gasteiger partial charge in [0.05, 0.1) is 0 Å². The lowest BCUT2D eigenvalue weighted by Gasteiger charge is -2.18. The fourth-order valence-corrected chi connectivity index (χ4v) is 2.47. The molecule has 1 aromatic heterocycles. The van der Waals surface area contributed by atoms with Gasteiger partial charge >= 0.3 is 6.03 Å². The summed E-state index contributed by atoms with van der Waals surface area (Å²) in [5.41, 5.74) is 0.501. The van der Waals surface area contributed by atoms with Gasteiger partial charge in [-0.05, 0) is 12.3 Å². The summed E-state index contributed by atoms with van der Waals surface area (Å²) in [6, 6.07) is -0.271. The summed E-state index contributed by atoms with van der Waals surface area (Å²) < 4.78 is 0. The van der Waals surface area contributed by atoms with Gasteiger partial charge in [-0.25, -0.2) is 14.7 Å². The van der Waals surface area contributed by atoms with Crippen LogP contribution in [0.3, 0.4) is 0 Å². The number of carbonyl (C=O) groups excluding carboxylic acids is 1. The maximum absolute atomic E-state index is 11.7. The predicted molar refractivity (Wildman–Crippen MR) is 70.2 cm³/mol. The Morgan fingerprint density at radius 3 is 2.88 bits per heavy atom. The number of amides is 2. The number of anilines is 1. The third kappa shape index (κ3) is 2.65. The van der Waals surface area contributed by atoms with E-state index in [-0.39, 0.29) is 6.03 Å². The lowest BCUT2D eigenvalue weighted by molar-refractivity contribution is 0.250. The second-order valence-electron chi connectivity index (χ2n) is 2.76. The molecule has 0 radical (unpaired) electrons. The first-order chi connectivity index (χ1) is 7.63. The minimum absolute atomic E-state index is 0.271. The number of nitrogens with one attached hydrogen (secondary N) is 1. The molecule has 0 bridgehead atoms. The lowest BCUT2D eigenvalue weighted by Crippen LogP contribution is -2.36. The summed E-state index contributed by atoms with van der Waals surface area (Å²) >= 11 is 2.93. The molecule has 0 atom stereocenters. The van der Waals surface area contributed by atoms with Crippen molar-refractivity contribution < 1.29 is 4.79 Å². The fraction of sp³-hybridized carbons (Fsp3) is 0.200. The Bertz CT molecular complexity index is 414. The van der Waals surface area contributed by atoms with Gasteiger partial charge in [-0.2, -0.15) is 0 Å². The topological polar surface area (TPSA) is 45.2 Å². The van der Waals surface area contributed by atoms with Crippen molar-refractivity contribution in [2.75, 3.05) is 18.2 Å². The molecule has 1 rings (SSSR count). The van der Waals surface area contributed by atoms with E-state index in [4.69, 9.17) is 0 Å². The highest BCUT2D eigenvalue weighted by Gasteiger charge is 2.19. The molecule has 2 amide bonds. The van der Waals surface area contributed by atoms with Crippen molar-refractivity contribution in [2.45, 2.75) is 5.03 Å². The fourth-order valence-electron chi connectivity index (χ4n) is 0.990. The van der Waals surface area contributed by atoms with Crippen LogP contribution in [0.2, 0.25) is 0 Å². The van der Waals surface area contributed by atoms with Crippen LogP contribution in [-0.4, -0.2) is 24.3 Å². The number of carbonyl (C=O) groups is 1. The molecule has 0 unspecified atom stereocenters. The van der Waals surface area contributed by atoms with Gasteiger partial charge in [-0.1, -0.05) is 13.2 Å². The molecule has 86 valence electrons. The zero-order valence-corrected chi connectivity index (χ0v) is 10.8. The smallest absolute Gasteiger partial charge is 0.328 e. The maximum atomic E-state index is 11.7. The van der Waals surface area contributed by atoms with Crippen molar-refractivity contribution in [3.8, 4) is 0 Å². The van der Waals surface area contributed by atoms with Gasteiger partial charge in [0.2, 0.25) is 0 Å². The number of thiazole rings is 1. The number of thioether (sulfide) groups is 1. The molecular weight excluding hydrogens is 242 g/mol. The first-order valence-electron chi connectivity index (χ1n) is 4.46. The van der Waals surface area contributed by atoms with E-state index in [1.165, 1.54) is 34.1 Å². The lowest BCUT2D eigenvalue weighted by atomic mass is 10.4. The van der Waals surface area contributed by atoms with E-state index in [2.05, 4.69) is 23.5 Å². The average Bonchev–Trinajstić information content (AvgIpc) is 2.77. The minimum Gasteiger partial charge on any atom is -0.340 e.